The summed E-state index contributed by atoms with van der Waals surface area (Å²) >= 11 is 0. The van der Waals surface area contributed by atoms with Gasteiger partial charge in [0.05, 0.1) is 24.5 Å². The molecule has 1 aromatic carbocycles. The number of ether oxygens (including phenoxy) is 1. The number of benzene rings is 1. The van der Waals surface area contributed by atoms with Gasteiger partial charge in [-0.3, -0.25) is 9.88 Å². The second kappa shape index (κ2) is 8.56. The van der Waals surface area contributed by atoms with E-state index in [1.165, 1.54) is 11.1 Å². The maximum absolute atomic E-state index is 10.4. The van der Waals surface area contributed by atoms with Crippen LogP contribution in [0.1, 0.15) is 48.7 Å². The maximum atomic E-state index is 10.4. The molecular formula is C21H28N2O2. The first kappa shape index (κ1) is 18.1. The molecule has 3 rings (SSSR count). The molecule has 1 heterocycles. The standard InChI is InChI=1S/C21H28N2O2/c1-16(20-11-5-6-13-22-20)23(2)14-18(24)15-25-21-12-7-9-17-8-3-4-10-19(17)21/h3-6,8,10-11,13,16,18,21,24H,7,9,12,14-15H2,1-2H3. The minimum Gasteiger partial charge on any atom is -0.389 e. The van der Waals surface area contributed by atoms with E-state index in [2.05, 4.69) is 41.1 Å². The van der Waals surface area contributed by atoms with Crippen molar-refractivity contribution in [3.63, 3.8) is 0 Å². The second-order valence-electron chi connectivity index (χ2n) is 6.94. The molecule has 4 nitrogen and oxygen atoms in total. The van der Waals surface area contributed by atoms with Crippen molar-refractivity contribution in [3.8, 4) is 0 Å². The van der Waals surface area contributed by atoms with Crippen LogP contribution in [0, 0.1) is 0 Å². The molecule has 134 valence electrons. The minimum absolute atomic E-state index is 0.109. The van der Waals surface area contributed by atoms with Gasteiger partial charge in [0, 0.05) is 18.8 Å². The van der Waals surface area contributed by atoms with Crippen LogP contribution in [0.4, 0.5) is 0 Å². The van der Waals surface area contributed by atoms with Gasteiger partial charge >= 0.3 is 0 Å². The summed E-state index contributed by atoms with van der Waals surface area (Å²) in [4.78, 5) is 6.51. The number of likely N-dealkylation sites (N-methyl/N-ethyl adjacent to an activating group) is 1. The fourth-order valence-electron chi connectivity index (χ4n) is 3.50. The maximum Gasteiger partial charge on any atom is 0.0900 e. The zero-order chi connectivity index (χ0) is 17.6. The normalized spacial score (nSPS) is 19.4. The van der Waals surface area contributed by atoms with Crippen LogP contribution in [0.25, 0.3) is 0 Å². The van der Waals surface area contributed by atoms with Crippen LogP contribution in [0.5, 0.6) is 0 Å². The molecule has 0 aliphatic heterocycles. The topological polar surface area (TPSA) is 45.6 Å². The van der Waals surface area contributed by atoms with Gasteiger partial charge in [-0.15, -0.1) is 0 Å². The second-order valence-corrected chi connectivity index (χ2v) is 6.94. The third-order valence-electron chi connectivity index (χ3n) is 5.08. The molecule has 2 aromatic rings. The van der Waals surface area contributed by atoms with E-state index < -0.39 is 6.10 Å². The predicted octanol–water partition coefficient (Wildman–Crippen LogP) is 3.53. The van der Waals surface area contributed by atoms with Crippen molar-refractivity contribution in [2.45, 2.75) is 44.4 Å². The Morgan fingerprint density at radius 3 is 2.84 bits per heavy atom. The summed E-state index contributed by atoms with van der Waals surface area (Å²) in [5.41, 5.74) is 3.68. The average molecular weight is 340 g/mol. The largest absolute Gasteiger partial charge is 0.389 e. The highest BCUT2D eigenvalue weighted by atomic mass is 16.5. The van der Waals surface area contributed by atoms with E-state index in [0.29, 0.717) is 13.2 Å². The summed E-state index contributed by atoms with van der Waals surface area (Å²) in [5, 5.41) is 10.4. The Hall–Kier alpha value is -1.75. The summed E-state index contributed by atoms with van der Waals surface area (Å²) in [5.74, 6) is 0. The first-order valence-electron chi connectivity index (χ1n) is 9.14. The zero-order valence-corrected chi connectivity index (χ0v) is 15.1. The summed E-state index contributed by atoms with van der Waals surface area (Å²) in [6.45, 7) is 3.03. The average Bonchev–Trinajstić information content (AvgIpc) is 2.66. The lowest BCUT2D eigenvalue weighted by Gasteiger charge is -2.29. The van der Waals surface area contributed by atoms with Gasteiger partial charge in [0.25, 0.3) is 0 Å². The third-order valence-corrected chi connectivity index (χ3v) is 5.08. The van der Waals surface area contributed by atoms with Crippen LogP contribution < -0.4 is 0 Å². The van der Waals surface area contributed by atoms with Crippen molar-refractivity contribution in [3.05, 3.63) is 65.5 Å². The van der Waals surface area contributed by atoms with Crippen molar-refractivity contribution in [1.82, 2.24) is 9.88 Å². The number of aryl methyl sites for hydroxylation is 1. The van der Waals surface area contributed by atoms with Gasteiger partial charge in [-0.05, 0) is 56.5 Å². The summed E-state index contributed by atoms with van der Waals surface area (Å²) in [6.07, 6.45) is 4.71. The number of pyridine rings is 1. The molecule has 4 heteroatoms. The van der Waals surface area contributed by atoms with Gasteiger partial charge in [-0.1, -0.05) is 30.3 Å². The first-order chi connectivity index (χ1) is 12.1. The van der Waals surface area contributed by atoms with E-state index in [1.54, 1.807) is 6.20 Å². The predicted molar refractivity (Wildman–Crippen MR) is 99.4 cm³/mol. The van der Waals surface area contributed by atoms with E-state index in [0.717, 1.165) is 25.0 Å². The molecule has 3 unspecified atom stereocenters. The first-order valence-corrected chi connectivity index (χ1v) is 9.14. The molecule has 3 atom stereocenters. The Labute approximate surface area is 150 Å². The molecule has 25 heavy (non-hydrogen) atoms. The molecule has 0 saturated carbocycles. The molecule has 1 aliphatic rings. The summed E-state index contributed by atoms with van der Waals surface area (Å²) in [6, 6.07) is 14.6. The lowest BCUT2D eigenvalue weighted by molar-refractivity contribution is -0.0290. The molecule has 1 N–H and O–H groups in total. The van der Waals surface area contributed by atoms with Crippen LogP contribution in [0.15, 0.2) is 48.7 Å². The van der Waals surface area contributed by atoms with Gasteiger partial charge in [0.2, 0.25) is 0 Å². The highest BCUT2D eigenvalue weighted by Crippen LogP contribution is 2.32. The molecule has 1 aromatic heterocycles. The van der Waals surface area contributed by atoms with Crippen LogP contribution in [-0.4, -0.2) is 41.3 Å². The van der Waals surface area contributed by atoms with E-state index in [9.17, 15) is 5.11 Å². The molecule has 0 amide bonds. The fraction of sp³-hybridized carbons (Fsp3) is 0.476. The van der Waals surface area contributed by atoms with Gasteiger partial charge < -0.3 is 9.84 Å². The van der Waals surface area contributed by atoms with Gasteiger partial charge in [0.15, 0.2) is 0 Å². The van der Waals surface area contributed by atoms with Crippen LogP contribution in [0.2, 0.25) is 0 Å². The van der Waals surface area contributed by atoms with Gasteiger partial charge in [-0.2, -0.15) is 0 Å². The Morgan fingerprint density at radius 1 is 1.24 bits per heavy atom. The van der Waals surface area contributed by atoms with Crippen molar-refractivity contribution in [2.75, 3.05) is 20.2 Å². The number of hydrogen-bond acceptors (Lipinski definition) is 4. The Morgan fingerprint density at radius 2 is 2.04 bits per heavy atom. The number of nitrogens with zero attached hydrogens (tertiary/aromatic N) is 2. The van der Waals surface area contributed by atoms with Crippen LogP contribution in [0.3, 0.4) is 0 Å². The number of aliphatic hydroxyl groups is 1. The highest BCUT2D eigenvalue weighted by Gasteiger charge is 2.22. The molecule has 1 aliphatic carbocycles. The number of hydrogen-bond donors (Lipinski definition) is 1. The molecule has 0 radical (unpaired) electrons. The lowest BCUT2D eigenvalue weighted by atomic mass is 9.89. The van der Waals surface area contributed by atoms with Gasteiger partial charge in [0.1, 0.15) is 0 Å². The summed E-state index contributed by atoms with van der Waals surface area (Å²) < 4.78 is 6.07. The lowest BCUT2D eigenvalue weighted by Crippen LogP contribution is -2.34. The van der Waals surface area contributed by atoms with Crippen molar-refractivity contribution >= 4 is 0 Å². The van der Waals surface area contributed by atoms with E-state index in [1.807, 2.05) is 25.2 Å². The number of rotatable bonds is 7. The van der Waals surface area contributed by atoms with E-state index in [4.69, 9.17) is 4.74 Å². The smallest absolute Gasteiger partial charge is 0.0900 e. The number of aromatic nitrogens is 1. The van der Waals surface area contributed by atoms with E-state index in [-0.39, 0.29) is 12.1 Å². The van der Waals surface area contributed by atoms with E-state index >= 15 is 0 Å². The SMILES string of the molecule is CC(c1ccccn1)N(C)CC(O)COC1CCCc2ccccc21. The van der Waals surface area contributed by atoms with Crippen molar-refractivity contribution < 1.29 is 9.84 Å². The summed E-state index contributed by atoms with van der Waals surface area (Å²) in [7, 11) is 2.01. The number of aliphatic hydroxyl groups excluding tert-OH is 1. The highest BCUT2D eigenvalue weighted by molar-refractivity contribution is 5.31. The Bertz CT molecular complexity index is 662. The van der Waals surface area contributed by atoms with Crippen LogP contribution in [-0.2, 0) is 11.2 Å². The number of fused-ring (bicyclic) bond motifs is 1. The molecule has 0 saturated heterocycles. The van der Waals surface area contributed by atoms with Gasteiger partial charge in [-0.25, -0.2) is 0 Å². The fourth-order valence-corrected chi connectivity index (χ4v) is 3.50. The molecular weight excluding hydrogens is 312 g/mol. The zero-order valence-electron chi connectivity index (χ0n) is 15.1. The van der Waals surface area contributed by atoms with Crippen LogP contribution >= 0.6 is 0 Å². The van der Waals surface area contributed by atoms with Crippen molar-refractivity contribution in [1.29, 1.82) is 0 Å². The third kappa shape index (κ3) is 4.66. The molecule has 0 bridgehead atoms. The van der Waals surface area contributed by atoms with Crippen molar-refractivity contribution in [2.24, 2.45) is 0 Å². The Balaban J connectivity index is 1.51. The Kier molecular flexibility index (Phi) is 6.19. The monoisotopic (exact) mass is 340 g/mol. The quantitative estimate of drug-likeness (QED) is 0.837. The molecule has 0 spiro atoms. The minimum atomic E-state index is -0.509. The molecule has 0 fully saturated rings.